The normalized spacial score (nSPS) is 11.9. The maximum Gasteiger partial charge on any atom is 0.136 e. The molecule has 0 bridgehead atoms. The van der Waals surface area contributed by atoms with Gasteiger partial charge in [-0.15, -0.1) is 11.3 Å². The van der Waals surface area contributed by atoms with Gasteiger partial charge in [-0.05, 0) is 12.1 Å². The second-order valence-electron chi connectivity index (χ2n) is 5.30. The zero-order valence-electron chi connectivity index (χ0n) is 11.0. The van der Waals surface area contributed by atoms with Crippen LogP contribution >= 0.6 is 24.0 Å². The van der Waals surface area contributed by atoms with Crippen molar-refractivity contribution in [2.45, 2.75) is 31.9 Å². The molecule has 0 aliphatic rings. The number of benzene rings is 1. The summed E-state index contributed by atoms with van der Waals surface area (Å²) in [6.45, 7) is 6.07. The summed E-state index contributed by atoms with van der Waals surface area (Å²) in [5.41, 5.74) is 0.630. The predicted octanol–water partition coefficient (Wildman–Crippen LogP) is 4.82. The molecule has 2 rings (SSSR count). The fourth-order valence-electron chi connectivity index (χ4n) is 1.85. The van der Waals surface area contributed by atoms with E-state index in [-0.39, 0.29) is 11.0 Å². The molecular formula is C14H15F2NS2. The number of thiazole rings is 1. The highest BCUT2D eigenvalue weighted by atomic mass is 32.1. The van der Waals surface area contributed by atoms with Gasteiger partial charge in [-0.2, -0.15) is 12.6 Å². The second kappa shape index (κ2) is 5.21. The molecule has 1 aromatic heterocycles. The van der Waals surface area contributed by atoms with E-state index < -0.39 is 11.6 Å². The van der Waals surface area contributed by atoms with Crippen molar-refractivity contribution < 1.29 is 8.78 Å². The van der Waals surface area contributed by atoms with Gasteiger partial charge in [-0.3, -0.25) is 0 Å². The summed E-state index contributed by atoms with van der Waals surface area (Å²) in [4.78, 5) is 5.39. The summed E-state index contributed by atoms with van der Waals surface area (Å²) < 4.78 is 27.6. The molecule has 0 fully saturated rings. The van der Waals surface area contributed by atoms with E-state index >= 15 is 0 Å². The Morgan fingerprint density at radius 1 is 1.21 bits per heavy atom. The summed E-state index contributed by atoms with van der Waals surface area (Å²) in [5, 5.41) is 0.379. The van der Waals surface area contributed by atoms with Crippen LogP contribution in [0.15, 0.2) is 18.2 Å². The lowest BCUT2D eigenvalue weighted by Crippen LogP contribution is -2.13. The lowest BCUT2D eigenvalue weighted by Gasteiger charge is -2.16. The molecule has 0 aliphatic carbocycles. The van der Waals surface area contributed by atoms with E-state index in [2.05, 4.69) is 17.6 Å². The largest absolute Gasteiger partial charge is 0.240 e. The summed E-state index contributed by atoms with van der Waals surface area (Å²) >= 11 is 5.57. The van der Waals surface area contributed by atoms with Crippen molar-refractivity contribution in [1.82, 2.24) is 4.98 Å². The third-order valence-corrected chi connectivity index (χ3v) is 4.33. The molecule has 0 aliphatic heterocycles. The van der Waals surface area contributed by atoms with Crippen molar-refractivity contribution in [3.63, 3.8) is 0 Å². The van der Waals surface area contributed by atoms with Gasteiger partial charge >= 0.3 is 0 Å². The zero-order valence-corrected chi connectivity index (χ0v) is 12.7. The topological polar surface area (TPSA) is 12.9 Å². The van der Waals surface area contributed by atoms with Crippen molar-refractivity contribution in [3.8, 4) is 10.6 Å². The van der Waals surface area contributed by atoms with Gasteiger partial charge in [0.05, 0.1) is 11.3 Å². The molecule has 1 heterocycles. The monoisotopic (exact) mass is 299 g/mol. The molecule has 1 nitrogen and oxygen atoms in total. The number of nitrogens with zero attached hydrogens (tertiary/aromatic N) is 1. The molecule has 19 heavy (non-hydrogen) atoms. The fourth-order valence-corrected chi connectivity index (χ4v) is 3.38. The van der Waals surface area contributed by atoms with E-state index in [0.717, 1.165) is 10.6 Å². The van der Waals surface area contributed by atoms with Crippen molar-refractivity contribution >= 4 is 24.0 Å². The van der Waals surface area contributed by atoms with Crippen LogP contribution in [0.1, 0.15) is 31.3 Å². The molecule has 0 saturated heterocycles. The predicted molar refractivity (Wildman–Crippen MR) is 78.9 cm³/mol. The van der Waals surface area contributed by atoms with Gasteiger partial charge in [-0.1, -0.05) is 26.8 Å². The highest BCUT2D eigenvalue weighted by molar-refractivity contribution is 7.79. The Morgan fingerprint density at radius 3 is 2.21 bits per heavy atom. The number of hydrogen-bond donors (Lipinski definition) is 1. The van der Waals surface area contributed by atoms with Crippen molar-refractivity contribution in [1.29, 1.82) is 0 Å². The minimum Gasteiger partial charge on any atom is -0.240 e. The fraction of sp³-hybridized carbons (Fsp3) is 0.357. The van der Waals surface area contributed by atoms with E-state index in [1.165, 1.54) is 29.5 Å². The average molecular weight is 299 g/mol. The highest BCUT2D eigenvalue weighted by Gasteiger charge is 2.25. The molecule has 2 aromatic rings. The zero-order chi connectivity index (χ0) is 14.2. The molecule has 5 heteroatoms. The van der Waals surface area contributed by atoms with E-state index in [9.17, 15) is 8.78 Å². The summed E-state index contributed by atoms with van der Waals surface area (Å²) in [7, 11) is 0. The van der Waals surface area contributed by atoms with Gasteiger partial charge in [0.25, 0.3) is 0 Å². The van der Waals surface area contributed by atoms with E-state index in [4.69, 9.17) is 0 Å². The van der Waals surface area contributed by atoms with Crippen LogP contribution in [-0.4, -0.2) is 4.98 Å². The number of aromatic nitrogens is 1. The van der Waals surface area contributed by atoms with Crippen LogP contribution in [0.2, 0.25) is 0 Å². The Bertz CT molecular complexity index is 580. The average Bonchev–Trinajstić information content (AvgIpc) is 2.72. The van der Waals surface area contributed by atoms with Gasteiger partial charge < -0.3 is 0 Å². The second-order valence-corrected chi connectivity index (χ2v) is 6.70. The van der Waals surface area contributed by atoms with Crippen molar-refractivity contribution in [2.24, 2.45) is 0 Å². The summed E-state index contributed by atoms with van der Waals surface area (Å²) in [6.07, 6.45) is 0. The maximum absolute atomic E-state index is 13.8. The molecule has 0 atom stereocenters. The lowest BCUT2D eigenvalue weighted by molar-refractivity contribution is 0.567. The molecule has 0 unspecified atom stereocenters. The third kappa shape index (κ3) is 2.82. The van der Waals surface area contributed by atoms with Gasteiger partial charge in [0.15, 0.2) is 0 Å². The highest BCUT2D eigenvalue weighted by Crippen LogP contribution is 2.37. The van der Waals surface area contributed by atoms with Gasteiger partial charge in [0, 0.05) is 16.0 Å². The van der Waals surface area contributed by atoms with Crippen LogP contribution in [0, 0.1) is 11.6 Å². The molecule has 0 spiro atoms. The first-order valence-electron chi connectivity index (χ1n) is 5.90. The first-order chi connectivity index (χ1) is 8.84. The Balaban J connectivity index is 2.62. The molecule has 0 radical (unpaired) electrons. The van der Waals surface area contributed by atoms with Gasteiger partial charge in [0.1, 0.15) is 16.6 Å². The molecule has 102 valence electrons. The minimum atomic E-state index is -0.583. The van der Waals surface area contributed by atoms with E-state index in [1.807, 2.05) is 20.8 Å². The van der Waals surface area contributed by atoms with Crippen LogP contribution in [0.3, 0.4) is 0 Å². The van der Waals surface area contributed by atoms with Crippen LogP contribution in [0.4, 0.5) is 8.78 Å². The van der Waals surface area contributed by atoms with E-state index in [1.54, 1.807) is 0 Å². The summed E-state index contributed by atoms with van der Waals surface area (Å²) in [5.74, 6) is -0.653. The maximum atomic E-state index is 13.8. The first-order valence-corrected chi connectivity index (χ1v) is 7.35. The number of rotatable bonds is 2. The van der Waals surface area contributed by atoms with Crippen molar-refractivity contribution in [2.75, 3.05) is 0 Å². The van der Waals surface area contributed by atoms with Gasteiger partial charge in [0.2, 0.25) is 0 Å². The first kappa shape index (κ1) is 14.5. The standard InChI is InChI=1S/C14H15F2NS2/c1-14(2,3)12-10(7-18)19-13(17-12)11-8(15)5-4-6-9(11)16/h4-6,18H,7H2,1-3H3. The van der Waals surface area contributed by atoms with Crippen molar-refractivity contribution in [3.05, 3.63) is 40.4 Å². The third-order valence-electron chi connectivity index (χ3n) is 2.73. The minimum absolute atomic E-state index is 0.0500. The smallest absolute Gasteiger partial charge is 0.136 e. The number of halogens is 2. The molecule has 0 N–H and O–H groups in total. The molecule has 0 amide bonds. The number of thiol groups is 1. The van der Waals surface area contributed by atoms with Crippen LogP contribution in [-0.2, 0) is 11.2 Å². The Morgan fingerprint density at radius 2 is 1.79 bits per heavy atom. The Labute approximate surface area is 121 Å². The van der Waals surface area contributed by atoms with E-state index in [0.29, 0.717) is 10.8 Å². The molecule has 0 saturated carbocycles. The molecular weight excluding hydrogens is 284 g/mol. The lowest BCUT2D eigenvalue weighted by atomic mass is 9.91. The summed E-state index contributed by atoms with van der Waals surface area (Å²) in [6, 6.07) is 3.85. The Kier molecular flexibility index (Phi) is 3.97. The Hall–Kier alpha value is -0.940. The molecule has 1 aromatic carbocycles. The number of hydrogen-bond acceptors (Lipinski definition) is 3. The van der Waals surface area contributed by atoms with Crippen LogP contribution < -0.4 is 0 Å². The SMILES string of the molecule is CC(C)(C)c1nc(-c2c(F)cccc2F)sc1CS. The van der Waals surface area contributed by atoms with Crippen LogP contribution in [0.25, 0.3) is 10.6 Å². The van der Waals surface area contributed by atoms with Crippen LogP contribution in [0.5, 0.6) is 0 Å². The van der Waals surface area contributed by atoms with Gasteiger partial charge in [-0.25, -0.2) is 13.8 Å². The quantitative estimate of drug-likeness (QED) is 0.785.